The van der Waals surface area contributed by atoms with Gasteiger partial charge in [0.25, 0.3) is 0 Å². The maximum absolute atomic E-state index is 11.5. The third-order valence-corrected chi connectivity index (χ3v) is 4.46. The van der Waals surface area contributed by atoms with E-state index in [-0.39, 0.29) is 32.2 Å². The Morgan fingerprint density at radius 2 is 2.00 bits per heavy atom. The van der Waals surface area contributed by atoms with Gasteiger partial charge in [0.15, 0.2) is 0 Å². The molecule has 1 rings (SSSR count). The summed E-state index contributed by atoms with van der Waals surface area (Å²) in [6.45, 7) is 2.04. The summed E-state index contributed by atoms with van der Waals surface area (Å²) < 4.78 is 16.2. The van der Waals surface area contributed by atoms with Crippen LogP contribution in [-0.4, -0.2) is 46.3 Å². The van der Waals surface area contributed by atoms with Crippen molar-refractivity contribution in [2.75, 3.05) is 12.8 Å². The summed E-state index contributed by atoms with van der Waals surface area (Å²) in [5.74, 6) is 0. The van der Waals surface area contributed by atoms with E-state index in [1.165, 1.54) is 6.21 Å². The van der Waals surface area contributed by atoms with Crippen LogP contribution in [0.25, 0.3) is 0 Å². The second kappa shape index (κ2) is 10.5. The van der Waals surface area contributed by atoms with E-state index in [0.29, 0.717) is 0 Å². The first kappa shape index (κ1) is 19.8. The van der Waals surface area contributed by atoms with Gasteiger partial charge in [-0.15, -0.1) is 0 Å². The molecule has 0 aliphatic rings. The van der Waals surface area contributed by atoms with E-state index in [0.717, 1.165) is 5.56 Å². The number of hydrogen-bond acceptors (Lipinski definition) is 6. The molecule has 7 nitrogen and oxygen atoms in total. The van der Waals surface area contributed by atoms with E-state index in [9.17, 15) is 19.7 Å². The van der Waals surface area contributed by atoms with Gasteiger partial charge < -0.3 is 24.5 Å². The quantitative estimate of drug-likeness (QED) is 0.321. The minimum Gasteiger partial charge on any atom is -0.393 e. The third kappa shape index (κ3) is 9.48. The molecule has 1 aromatic carbocycles. The summed E-state index contributed by atoms with van der Waals surface area (Å²) in [6, 6.07) is 9.45. The SMILES string of the molecule is CCOP(=O)(O)CC[C@@H](O)C[C@@H](O)C=NOCc1ccccc1. The highest BCUT2D eigenvalue weighted by Gasteiger charge is 2.21. The average Bonchev–Trinajstić information content (AvgIpc) is 2.51. The Hall–Kier alpha value is -1.24. The van der Waals surface area contributed by atoms with E-state index in [1.54, 1.807) is 6.92 Å². The molecule has 0 spiro atoms. The Morgan fingerprint density at radius 1 is 1.30 bits per heavy atom. The Labute approximate surface area is 136 Å². The zero-order valence-corrected chi connectivity index (χ0v) is 14.0. The lowest BCUT2D eigenvalue weighted by molar-refractivity contribution is 0.101. The topological polar surface area (TPSA) is 109 Å². The van der Waals surface area contributed by atoms with Gasteiger partial charge in [0.05, 0.1) is 31.2 Å². The van der Waals surface area contributed by atoms with E-state index in [4.69, 9.17) is 9.36 Å². The van der Waals surface area contributed by atoms with Crippen molar-refractivity contribution < 1.29 is 29.0 Å². The van der Waals surface area contributed by atoms with Crippen LogP contribution in [0.3, 0.4) is 0 Å². The predicted octanol–water partition coefficient (Wildman–Crippen LogP) is 1.91. The molecule has 0 saturated heterocycles. The second-order valence-corrected chi connectivity index (χ2v) is 7.02. The zero-order chi connectivity index (χ0) is 17.1. The smallest absolute Gasteiger partial charge is 0.328 e. The van der Waals surface area contributed by atoms with Crippen LogP contribution >= 0.6 is 7.60 Å². The van der Waals surface area contributed by atoms with Crippen LogP contribution < -0.4 is 0 Å². The predicted molar refractivity (Wildman–Crippen MR) is 87.3 cm³/mol. The summed E-state index contributed by atoms with van der Waals surface area (Å²) in [7, 11) is -3.65. The molecule has 130 valence electrons. The molecular formula is C15H24NO6P. The molecule has 0 bridgehead atoms. The molecule has 0 aliphatic carbocycles. The van der Waals surface area contributed by atoms with Crippen LogP contribution in [0.2, 0.25) is 0 Å². The number of hydrogen-bond donors (Lipinski definition) is 3. The summed E-state index contributed by atoms with van der Waals surface area (Å²) in [6.07, 6.45) is -0.824. The van der Waals surface area contributed by atoms with E-state index in [1.807, 2.05) is 30.3 Å². The van der Waals surface area contributed by atoms with Crippen LogP contribution in [0, 0.1) is 0 Å². The Bertz CT molecular complexity index is 510. The normalized spacial score (nSPS) is 16.9. The lowest BCUT2D eigenvalue weighted by Gasteiger charge is -2.15. The van der Waals surface area contributed by atoms with Crippen LogP contribution in [0.5, 0.6) is 0 Å². The fourth-order valence-corrected chi connectivity index (χ4v) is 2.99. The lowest BCUT2D eigenvalue weighted by Crippen LogP contribution is -2.20. The van der Waals surface area contributed by atoms with Crippen LogP contribution in [-0.2, 0) is 20.5 Å². The fraction of sp³-hybridized carbons (Fsp3) is 0.533. The molecule has 3 atom stereocenters. The van der Waals surface area contributed by atoms with Crippen molar-refractivity contribution >= 4 is 13.8 Å². The van der Waals surface area contributed by atoms with Crippen molar-refractivity contribution in [2.24, 2.45) is 5.16 Å². The van der Waals surface area contributed by atoms with Crippen molar-refractivity contribution in [2.45, 2.75) is 38.6 Å². The zero-order valence-electron chi connectivity index (χ0n) is 13.1. The van der Waals surface area contributed by atoms with Crippen LogP contribution in [0.1, 0.15) is 25.3 Å². The minimum atomic E-state index is -3.65. The molecule has 0 aliphatic heterocycles. The van der Waals surface area contributed by atoms with Crippen molar-refractivity contribution in [3.05, 3.63) is 35.9 Å². The van der Waals surface area contributed by atoms with Gasteiger partial charge in [0, 0.05) is 6.42 Å². The number of aliphatic hydroxyl groups excluding tert-OH is 2. The number of nitrogens with zero attached hydrogens (tertiary/aromatic N) is 1. The molecule has 1 aromatic rings. The molecule has 23 heavy (non-hydrogen) atoms. The summed E-state index contributed by atoms with van der Waals surface area (Å²) in [4.78, 5) is 14.4. The number of oxime groups is 1. The maximum atomic E-state index is 11.5. The number of aliphatic hydroxyl groups is 2. The Kier molecular flexibility index (Phi) is 9.06. The molecule has 3 N–H and O–H groups in total. The van der Waals surface area contributed by atoms with Crippen molar-refractivity contribution in [3.8, 4) is 0 Å². The third-order valence-electron chi connectivity index (χ3n) is 2.97. The lowest BCUT2D eigenvalue weighted by atomic mass is 10.1. The standard InChI is InChI=1S/C15H24NO6P/c1-2-22-23(19,20)9-8-14(17)10-15(18)11-16-21-12-13-6-4-3-5-7-13/h3-7,11,14-15,17-18H,2,8-10,12H2,1H3,(H,19,20)/t14-,15-/m1/s1. The van der Waals surface area contributed by atoms with Gasteiger partial charge >= 0.3 is 7.60 Å². The van der Waals surface area contributed by atoms with Gasteiger partial charge in [0.1, 0.15) is 6.61 Å². The van der Waals surface area contributed by atoms with Gasteiger partial charge in [-0.05, 0) is 18.9 Å². The summed E-state index contributed by atoms with van der Waals surface area (Å²) >= 11 is 0. The fourth-order valence-electron chi connectivity index (χ4n) is 1.84. The van der Waals surface area contributed by atoms with E-state index < -0.39 is 19.8 Å². The molecule has 0 heterocycles. The molecule has 0 amide bonds. The van der Waals surface area contributed by atoms with Gasteiger partial charge in [0.2, 0.25) is 0 Å². The average molecular weight is 345 g/mol. The van der Waals surface area contributed by atoms with Gasteiger partial charge in [-0.1, -0.05) is 35.5 Å². The minimum absolute atomic E-state index is 0.00429. The summed E-state index contributed by atoms with van der Waals surface area (Å²) in [5, 5.41) is 23.1. The molecule has 1 unspecified atom stereocenters. The van der Waals surface area contributed by atoms with Gasteiger partial charge in [-0.3, -0.25) is 4.57 Å². The maximum Gasteiger partial charge on any atom is 0.328 e. The highest BCUT2D eigenvalue weighted by molar-refractivity contribution is 7.52. The number of rotatable bonds is 11. The van der Waals surface area contributed by atoms with Crippen molar-refractivity contribution in [1.82, 2.24) is 0 Å². The van der Waals surface area contributed by atoms with E-state index in [2.05, 4.69) is 5.16 Å². The Balaban J connectivity index is 2.23. The van der Waals surface area contributed by atoms with Crippen LogP contribution in [0.4, 0.5) is 0 Å². The second-order valence-electron chi connectivity index (χ2n) is 5.04. The Morgan fingerprint density at radius 3 is 2.65 bits per heavy atom. The summed E-state index contributed by atoms with van der Waals surface area (Å²) in [5.41, 5.74) is 0.953. The first-order valence-corrected chi connectivity index (χ1v) is 9.21. The van der Waals surface area contributed by atoms with Crippen LogP contribution in [0.15, 0.2) is 35.5 Å². The molecule has 0 saturated carbocycles. The van der Waals surface area contributed by atoms with Gasteiger partial charge in [-0.25, -0.2) is 0 Å². The van der Waals surface area contributed by atoms with E-state index >= 15 is 0 Å². The molecular weight excluding hydrogens is 321 g/mol. The van der Waals surface area contributed by atoms with Crippen molar-refractivity contribution in [3.63, 3.8) is 0 Å². The van der Waals surface area contributed by atoms with Gasteiger partial charge in [-0.2, -0.15) is 0 Å². The first-order valence-electron chi connectivity index (χ1n) is 7.45. The highest BCUT2D eigenvalue weighted by Crippen LogP contribution is 2.42. The number of benzene rings is 1. The van der Waals surface area contributed by atoms with Crippen molar-refractivity contribution in [1.29, 1.82) is 0 Å². The molecule has 0 radical (unpaired) electrons. The first-order chi connectivity index (χ1) is 10.9. The monoisotopic (exact) mass is 345 g/mol. The molecule has 0 fully saturated rings. The largest absolute Gasteiger partial charge is 0.393 e. The highest BCUT2D eigenvalue weighted by atomic mass is 31.2. The molecule has 8 heteroatoms. The molecule has 0 aromatic heterocycles.